The van der Waals surface area contributed by atoms with Crippen LogP contribution in [0.3, 0.4) is 0 Å². The quantitative estimate of drug-likeness (QED) is 0.719. The summed E-state index contributed by atoms with van der Waals surface area (Å²) in [7, 11) is 1.83. The Labute approximate surface area is 89.3 Å². The number of aromatic nitrogens is 3. The normalized spacial score (nSPS) is 31.8. The van der Waals surface area contributed by atoms with Crippen molar-refractivity contribution in [3.63, 3.8) is 0 Å². The first kappa shape index (κ1) is 10.6. The molecule has 1 aromatic rings. The standard InChI is InChI=1S/C10H18N4O/c1-14-7-9(12-13-14)6-10(15)4-2-8(11)3-5-10/h7-8,15H,2-6,11H2,1H3. The molecule has 0 spiro atoms. The summed E-state index contributed by atoms with van der Waals surface area (Å²) in [5.74, 6) is 0. The van der Waals surface area contributed by atoms with Gasteiger partial charge in [-0.2, -0.15) is 0 Å². The molecule has 0 atom stereocenters. The van der Waals surface area contributed by atoms with Crippen molar-refractivity contribution in [1.82, 2.24) is 15.0 Å². The molecule has 0 bridgehead atoms. The highest BCUT2D eigenvalue weighted by Gasteiger charge is 2.32. The largest absolute Gasteiger partial charge is 0.389 e. The molecule has 2 rings (SSSR count). The van der Waals surface area contributed by atoms with Crippen LogP contribution < -0.4 is 5.73 Å². The van der Waals surface area contributed by atoms with E-state index >= 15 is 0 Å². The van der Waals surface area contributed by atoms with Gasteiger partial charge in [-0.15, -0.1) is 5.10 Å². The number of nitrogens with zero attached hydrogens (tertiary/aromatic N) is 3. The predicted molar refractivity (Wildman–Crippen MR) is 56.1 cm³/mol. The fraction of sp³-hybridized carbons (Fsp3) is 0.800. The molecule has 0 unspecified atom stereocenters. The van der Waals surface area contributed by atoms with Crippen LogP contribution in [0.15, 0.2) is 6.20 Å². The maximum Gasteiger partial charge on any atom is 0.0855 e. The van der Waals surface area contributed by atoms with Gasteiger partial charge in [-0.1, -0.05) is 5.21 Å². The van der Waals surface area contributed by atoms with E-state index < -0.39 is 5.60 Å². The van der Waals surface area contributed by atoms with Gasteiger partial charge < -0.3 is 10.8 Å². The summed E-state index contributed by atoms with van der Waals surface area (Å²) < 4.78 is 1.66. The molecule has 84 valence electrons. The van der Waals surface area contributed by atoms with E-state index in [1.807, 2.05) is 13.2 Å². The molecule has 5 heteroatoms. The summed E-state index contributed by atoms with van der Waals surface area (Å²) in [4.78, 5) is 0. The highest BCUT2D eigenvalue weighted by molar-refractivity contribution is 5.01. The van der Waals surface area contributed by atoms with Gasteiger partial charge in [-0.3, -0.25) is 4.68 Å². The fourth-order valence-electron chi connectivity index (χ4n) is 2.17. The average Bonchev–Trinajstić information content (AvgIpc) is 2.57. The molecule has 3 N–H and O–H groups in total. The minimum atomic E-state index is -0.619. The SMILES string of the molecule is Cn1cc(CC2(O)CCC(N)CC2)nn1. The smallest absolute Gasteiger partial charge is 0.0855 e. The van der Waals surface area contributed by atoms with Gasteiger partial charge in [-0.05, 0) is 25.7 Å². The van der Waals surface area contributed by atoms with Gasteiger partial charge in [0.2, 0.25) is 0 Å². The van der Waals surface area contributed by atoms with Crippen molar-refractivity contribution in [1.29, 1.82) is 0 Å². The number of aryl methyl sites for hydroxylation is 1. The second-order valence-corrected chi connectivity index (χ2v) is 4.62. The first-order valence-corrected chi connectivity index (χ1v) is 5.41. The molecule has 0 amide bonds. The molecule has 0 saturated heterocycles. The number of hydrogen-bond donors (Lipinski definition) is 2. The summed E-state index contributed by atoms with van der Waals surface area (Å²) in [5.41, 5.74) is 6.05. The van der Waals surface area contributed by atoms with Gasteiger partial charge in [0, 0.05) is 25.7 Å². The molecular formula is C10H18N4O. The molecule has 0 aliphatic heterocycles. The van der Waals surface area contributed by atoms with Gasteiger partial charge in [0.1, 0.15) is 0 Å². The van der Waals surface area contributed by atoms with Crippen LogP contribution in [-0.4, -0.2) is 31.7 Å². The molecule has 1 saturated carbocycles. The summed E-state index contributed by atoms with van der Waals surface area (Å²) in [6, 6.07) is 0.257. The topological polar surface area (TPSA) is 77.0 Å². The molecule has 0 radical (unpaired) electrons. The molecule has 1 aromatic heterocycles. The van der Waals surface area contributed by atoms with Crippen molar-refractivity contribution in [2.75, 3.05) is 0 Å². The molecule has 0 aromatic carbocycles. The zero-order valence-corrected chi connectivity index (χ0v) is 9.06. The maximum absolute atomic E-state index is 10.3. The van der Waals surface area contributed by atoms with E-state index in [9.17, 15) is 5.11 Å². The molecule has 1 aliphatic carbocycles. The van der Waals surface area contributed by atoms with Crippen LogP contribution in [0.5, 0.6) is 0 Å². The summed E-state index contributed by atoms with van der Waals surface area (Å²) in [6.45, 7) is 0. The van der Waals surface area contributed by atoms with E-state index in [2.05, 4.69) is 10.3 Å². The molecular weight excluding hydrogens is 192 g/mol. The van der Waals surface area contributed by atoms with Crippen LogP contribution in [0, 0.1) is 0 Å². The Morgan fingerprint density at radius 3 is 2.80 bits per heavy atom. The van der Waals surface area contributed by atoms with Gasteiger partial charge in [0.05, 0.1) is 11.3 Å². The second kappa shape index (κ2) is 3.90. The van der Waals surface area contributed by atoms with Gasteiger partial charge in [0.25, 0.3) is 0 Å². The summed E-state index contributed by atoms with van der Waals surface area (Å²) in [6.07, 6.45) is 5.78. The van der Waals surface area contributed by atoms with Crippen LogP contribution in [0.4, 0.5) is 0 Å². The fourth-order valence-corrected chi connectivity index (χ4v) is 2.17. The minimum Gasteiger partial charge on any atom is -0.389 e. The van der Waals surface area contributed by atoms with Gasteiger partial charge in [0.15, 0.2) is 0 Å². The minimum absolute atomic E-state index is 0.257. The Morgan fingerprint density at radius 1 is 1.60 bits per heavy atom. The lowest BCUT2D eigenvalue weighted by Gasteiger charge is -2.34. The van der Waals surface area contributed by atoms with Crippen molar-refractivity contribution >= 4 is 0 Å². The summed E-state index contributed by atoms with van der Waals surface area (Å²) in [5, 5.41) is 18.2. The van der Waals surface area contributed by atoms with Crippen LogP contribution in [0.25, 0.3) is 0 Å². The van der Waals surface area contributed by atoms with Gasteiger partial charge in [-0.25, -0.2) is 0 Å². The highest BCUT2D eigenvalue weighted by atomic mass is 16.3. The number of rotatable bonds is 2. The van der Waals surface area contributed by atoms with E-state index in [1.54, 1.807) is 4.68 Å². The third-order valence-electron chi connectivity index (χ3n) is 3.12. The van der Waals surface area contributed by atoms with Crippen LogP contribution in [0.1, 0.15) is 31.4 Å². The average molecular weight is 210 g/mol. The Balaban J connectivity index is 1.99. The summed E-state index contributed by atoms with van der Waals surface area (Å²) >= 11 is 0. The van der Waals surface area contributed by atoms with E-state index in [1.165, 1.54) is 0 Å². The molecule has 1 fully saturated rings. The Bertz CT molecular complexity index is 328. The van der Waals surface area contributed by atoms with E-state index in [4.69, 9.17) is 5.73 Å². The first-order valence-electron chi connectivity index (χ1n) is 5.41. The molecule has 15 heavy (non-hydrogen) atoms. The third-order valence-corrected chi connectivity index (χ3v) is 3.12. The van der Waals surface area contributed by atoms with Crippen LogP contribution in [-0.2, 0) is 13.5 Å². The van der Waals surface area contributed by atoms with Crippen LogP contribution in [0.2, 0.25) is 0 Å². The van der Waals surface area contributed by atoms with Crippen molar-refractivity contribution in [3.05, 3.63) is 11.9 Å². The molecule has 5 nitrogen and oxygen atoms in total. The van der Waals surface area contributed by atoms with Gasteiger partial charge >= 0.3 is 0 Å². The monoisotopic (exact) mass is 210 g/mol. The first-order chi connectivity index (χ1) is 7.07. The van der Waals surface area contributed by atoms with Crippen LogP contribution >= 0.6 is 0 Å². The Kier molecular flexibility index (Phi) is 2.75. The van der Waals surface area contributed by atoms with E-state index in [0.717, 1.165) is 31.4 Å². The second-order valence-electron chi connectivity index (χ2n) is 4.62. The molecule has 1 heterocycles. The van der Waals surface area contributed by atoms with Crippen molar-refractivity contribution in [3.8, 4) is 0 Å². The zero-order chi connectivity index (χ0) is 10.9. The Hall–Kier alpha value is -0.940. The lowest BCUT2D eigenvalue weighted by atomic mass is 9.80. The number of nitrogens with two attached hydrogens (primary N) is 1. The van der Waals surface area contributed by atoms with E-state index in [0.29, 0.717) is 6.42 Å². The highest BCUT2D eigenvalue weighted by Crippen LogP contribution is 2.30. The van der Waals surface area contributed by atoms with E-state index in [-0.39, 0.29) is 6.04 Å². The third kappa shape index (κ3) is 2.54. The maximum atomic E-state index is 10.3. The predicted octanol–water partition coefficient (Wildman–Crippen LogP) is -0.0100. The lowest BCUT2D eigenvalue weighted by molar-refractivity contribution is -0.000608. The number of aliphatic hydroxyl groups is 1. The lowest BCUT2D eigenvalue weighted by Crippen LogP contribution is -2.40. The molecule has 1 aliphatic rings. The zero-order valence-electron chi connectivity index (χ0n) is 9.06. The number of hydrogen-bond acceptors (Lipinski definition) is 4. The Morgan fingerprint density at radius 2 is 2.27 bits per heavy atom. The van der Waals surface area contributed by atoms with Crippen molar-refractivity contribution < 1.29 is 5.11 Å². The van der Waals surface area contributed by atoms with Crippen molar-refractivity contribution in [2.45, 2.75) is 43.7 Å². The van der Waals surface area contributed by atoms with Crippen molar-refractivity contribution in [2.24, 2.45) is 12.8 Å².